The third-order valence-corrected chi connectivity index (χ3v) is 1.21. The van der Waals surface area contributed by atoms with Crippen LogP contribution in [0.4, 0.5) is 5.82 Å². The Morgan fingerprint density at radius 2 is 2.25 bits per heavy atom. The lowest BCUT2D eigenvalue weighted by molar-refractivity contribution is 1.20. The van der Waals surface area contributed by atoms with Gasteiger partial charge in [-0.15, -0.1) is 0 Å². The Morgan fingerprint density at radius 1 is 1.42 bits per heavy atom. The molecule has 0 aliphatic rings. The summed E-state index contributed by atoms with van der Waals surface area (Å²) >= 11 is 0. The molecule has 4 nitrogen and oxygen atoms in total. The number of nitriles is 2. The fraction of sp³-hybridized carbons (Fsp3) is 0.125. The summed E-state index contributed by atoms with van der Waals surface area (Å²) in [4.78, 5) is 3.91. The highest BCUT2D eigenvalue weighted by molar-refractivity contribution is 5.38. The molecule has 1 heterocycles. The molecule has 1 aromatic heterocycles. The SMILES string of the molecule is N#CCNc1cccc(C#N)n1. The van der Waals surface area contributed by atoms with E-state index in [2.05, 4.69) is 10.3 Å². The summed E-state index contributed by atoms with van der Waals surface area (Å²) in [7, 11) is 0. The zero-order chi connectivity index (χ0) is 8.81. The Bertz CT molecular complexity index is 345. The van der Waals surface area contributed by atoms with E-state index in [-0.39, 0.29) is 6.54 Å². The molecule has 0 aliphatic carbocycles. The Hall–Kier alpha value is -2.07. The molecule has 0 amide bonds. The van der Waals surface area contributed by atoms with Crippen molar-refractivity contribution in [2.45, 2.75) is 0 Å². The van der Waals surface area contributed by atoms with E-state index in [1.807, 2.05) is 12.1 Å². The topological polar surface area (TPSA) is 72.5 Å². The monoisotopic (exact) mass is 158 g/mol. The summed E-state index contributed by atoms with van der Waals surface area (Å²) in [6.07, 6.45) is 0. The molecule has 0 fully saturated rings. The van der Waals surface area contributed by atoms with E-state index in [0.29, 0.717) is 11.5 Å². The third kappa shape index (κ3) is 1.96. The van der Waals surface area contributed by atoms with Gasteiger partial charge in [-0.05, 0) is 12.1 Å². The van der Waals surface area contributed by atoms with Crippen molar-refractivity contribution in [2.24, 2.45) is 0 Å². The van der Waals surface area contributed by atoms with Gasteiger partial charge in [-0.1, -0.05) is 6.07 Å². The largest absolute Gasteiger partial charge is 0.357 e. The number of nitrogens with zero attached hydrogens (tertiary/aromatic N) is 3. The second-order valence-electron chi connectivity index (χ2n) is 2.03. The summed E-state index contributed by atoms with van der Waals surface area (Å²) in [5.41, 5.74) is 0.345. The highest BCUT2D eigenvalue weighted by Crippen LogP contribution is 2.02. The first-order valence-corrected chi connectivity index (χ1v) is 3.35. The molecule has 0 spiro atoms. The van der Waals surface area contributed by atoms with Crippen molar-refractivity contribution in [3.8, 4) is 12.1 Å². The van der Waals surface area contributed by atoms with Gasteiger partial charge in [0.05, 0.1) is 6.07 Å². The second-order valence-corrected chi connectivity index (χ2v) is 2.03. The molecule has 0 saturated carbocycles. The van der Waals surface area contributed by atoms with E-state index in [1.54, 1.807) is 18.2 Å². The van der Waals surface area contributed by atoms with E-state index in [4.69, 9.17) is 10.5 Å². The molecule has 0 bridgehead atoms. The van der Waals surface area contributed by atoms with Gasteiger partial charge in [0.15, 0.2) is 0 Å². The minimum Gasteiger partial charge on any atom is -0.357 e. The van der Waals surface area contributed by atoms with Crippen LogP contribution in [0.3, 0.4) is 0 Å². The van der Waals surface area contributed by atoms with Crippen molar-refractivity contribution in [3.05, 3.63) is 23.9 Å². The molecule has 1 aromatic rings. The molecule has 0 aromatic carbocycles. The van der Waals surface area contributed by atoms with Crippen LogP contribution in [-0.2, 0) is 0 Å². The lowest BCUT2D eigenvalue weighted by atomic mass is 10.3. The molecule has 0 aliphatic heterocycles. The Kier molecular flexibility index (Phi) is 2.64. The molecule has 0 saturated heterocycles. The molecule has 1 rings (SSSR count). The summed E-state index contributed by atoms with van der Waals surface area (Å²) in [6, 6.07) is 8.86. The quantitative estimate of drug-likeness (QED) is 0.648. The normalized spacial score (nSPS) is 8.17. The molecule has 0 radical (unpaired) electrons. The number of nitrogens with one attached hydrogen (secondary N) is 1. The maximum Gasteiger partial charge on any atom is 0.142 e. The maximum absolute atomic E-state index is 8.48. The number of hydrogen-bond donors (Lipinski definition) is 1. The van der Waals surface area contributed by atoms with E-state index in [1.165, 1.54) is 0 Å². The molecule has 1 N–H and O–H groups in total. The van der Waals surface area contributed by atoms with Crippen LogP contribution < -0.4 is 5.32 Å². The van der Waals surface area contributed by atoms with Crippen LogP contribution in [0.5, 0.6) is 0 Å². The van der Waals surface area contributed by atoms with Gasteiger partial charge in [-0.25, -0.2) is 4.98 Å². The highest BCUT2D eigenvalue weighted by atomic mass is 15.0. The summed E-state index contributed by atoms with van der Waals surface area (Å²) in [5, 5.41) is 19.5. The molecular weight excluding hydrogens is 152 g/mol. The molecule has 4 heteroatoms. The van der Waals surface area contributed by atoms with Crippen molar-refractivity contribution >= 4 is 5.82 Å². The van der Waals surface area contributed by atoms with E-state index in [0.717, 1.165) is 0 Å². The van der Waals surface area contributed by atoms with Gasteiger partial charge < -0.3 is 5.32 Å². The number of hydrogen-bond acceptors (Lipinski definition) is 4. The van der Waals surface area contributed by atoms with Crippen LogP contribution in [0, 0.1) is 22.7 Å². The Morgan fingerprint density at radius 3 is 2.92 bits per heavy atom. The van der Waals surface area contributed by atoms with Gasteiger partial charge in [0.2, 0.25) is 0 Å². The second kappa shape index (κ2) is 3.95. The fourth-order valence-corrected chi connectivity index (χ4v) is 0.726. The zero-order valence-electron chi connectivity index (χ0n) is 6.28. The van der Waals surface area contributed by atoms with Crippen LogP contribution in [0.15, 0.2) is 18.2 Å². The third-order valence-electron chi connectivity index (χ3n) is 1.21. The average molecular weight is 158 g/mol. The number of rotatable bonds is 2. The molecule has 0 atom stereocenters. The van der Waals surface area contributed by atoms with E-state index in [9.17, 15) is 0 Å². The van der Waals surface area contributed by atoms with Gasteiger partial charge in [0.1, 0.15) is 24.1 Å². The smallest absolute Gasteiger partial charge is 0.142 e. The lowest BCUT2D eigenvalue weighted by Gasteiger charge is -1.98. The van der Waals surface area contributed by atoms with Crippen LogP contribution in [0.2, 0.25) is 0 Å². The lowest BCUT2D eigenvalue weighted by Crippen LogP contribution is -2.00. The predicted octanol–water partition coefficient (Wildman–Crippen LogP) is 0.889. The van der Waals surface area contributed by atoms with Crippen LogP contribution in [0.1, 0.15) is 5.69 Å². The summed E-state index contributed by atoms with van der Waals surface area (Å²) in [6.45, 7) is 0.196. The Balaban J connectivity index is 2.76. The van der Waals surface area contributed by atoms with Crippen molar-refractivity contribution in [1.82, 2.24) is 4.98 Å². The van der Waals surface area contributed by atoms with E-state index < -0.39 is 0 Å². The van der Waals surface area contributed by atoms with Crippen LogP contribution >= 0.6 is 0 Å². The highest BCUT2D eigenvalue weighted by Gasteiger charge is 1.93. The van der Waals surface area contributed by atoms with Crippen molar-refractivity contribution in [3.63, 3.8) is 0 Å². The number of aromatic nitrogens is 1. The van der Waals surface area contributed by atoms with Gasteiger partial charge >= 0.3 is 0 Å². The molecule has 0 unspecified atom stereocenters. The first kappa shape index (κ1) is 8.03. The number of pyridine rings is 1. The first-order valence-electron chi connectivity index (χ1n) is 3.35. The van der Waals surface area contributed by atoms with Crippen LogP contribution in [-0.4, -0.2) is 11.5 Å². The Labute approximate surface area is 70.1 Å². The van der Waals surface area contributed by atoms with Crippen LogP contribution in [0.25, 0.3) is 0 Å². The van der Waals surface area contributed by atoms with E-state index >= 15 is 0 Å². The summed E-state index contributed by atoms with van der Waals surface area (Å²) < 4.78 is 0. The average Bonchev–Trinajstić information content (AvgIpc) is 2.15. The molecule has 12 heavy (non-hydrogen) atoms. The predicted molar refractivity (Wildman–Crippen MR) is 43.1 cm³/mol. The summed E-state index contributed by atoms with van der Waals surface area (Å²) in [5.74, 6) is 0.551. The van der Waals surface area contributed by atoms with Crippen molar-refractivity contribution < 1.29 is 0 Å². The van der Waals surface area contributed by atoms with Crippen molar-refractivity contribution in [1.29, 1.82) is 10.5 Å². The zero-order valence-corrected chi connectivity index (χ0v) is 6.28. The molecule has 58 valence electrons. The van der Waals surface area contributed by atoms with Gasteiger partial charge in [0.25, 0.3) is 0 Å². The van der Waals surface area contributed by atoms with Gasteiger partial charge in [-0.2, -0.15) is 10.5 Å². The van der Waals surface area contributed by atoms with Gasteiger partial charge in [0, 0.05) is 0 Å². The fourth-order valence-electron chi connectivity index (χ4n) is 0.726. The standard InChI is InChI=1S/C8H6N4/c9-4-5-11-8-3-1-2-7(6-10)12-8/h1-3H,5H2,(H,11,12). The maximum atomic E-state index is 8.48. The van der Waals surface area contributed by atoms with Gasteiger partial charge in [-0.3, -0.25) is 0 Å². The molecular formula is C8H6N4. The van der Waals surface area contributed by atoms with Crippen molar-refractivity contribution in [2.75, 3.05) is 11.9 Å². The minimum absolute atomic E-state index is 0.196. The number of anilines is 1. The minimum atomic E-state index is 0.196. The first-order chi connectivity index (χ1) is 5.86.